The van der Waals surface area contributed by atoms with E-state index in [4.69, 9.17) is 16.7 Å². The summed E-state index contributed by atoms with van der Waals surface area (Å²) in [5.74, 6) is 1.11. The summed E-state index contributed by atoms with van der Waals surface area (Å²) in [6, 6.07) is 13.6. The van der Waals surface area contributed by atoms with Crippen LogP contribution in [-0.2, 0) is 11.3 Å². The van der Waals surface area contributed by atoms with E-state index in [1.165, 1.54) is 0 Å². The number of amides is 1. The molecule has 0 saturated carbocycles. The van der Waals surface area contributed by atoms with Crippen molar-refractivity contribution in [1.82, 2.24) is 15.5 Å². The van der Waals surface area contributed by atoms with E-state index in [0.717, 1.165) is 39.9 Å². The summed E-state index contributed by atoms with van der Waals surface area (Å²) >= 11 is 8.82. The van der Waals surface area contributed by atoms with Crippen LogP contribution in [0, 0.1) is 6.92 Å². The van der Waals surface area contributed by atoms with Crippen LogP contribution < -0.4 is 15.5 Å². The normalized spacial score (nSPS) is 13.5. The summed E-state index contributed by atoms with van der Waals surface area (Å²) < 4.78 is 6.25. The van der Waals surface area contributed by atoms with E-state index in [1.54, 1.807) is 0 Å². The lowest BCUT2D eigenvalue weighted by Gasteiger charge is -2.20. The molecule has 9 heteroatoms. The Morgan fingerprint density at radius 1 is 1.30 bits per heavy atom. The van der Waals surface area contributed by atoms with Gasteiger partial charge >= 0.3 is 0 Å². The van der Waals surface area contributed by atoms with Crippen LogP contribution in [0.4, 0.5) is 11.4 Å². The van der Waals surface area contributed by atoms with E-state index in [0.29, 0.717) is 29.8 Å². The predicted molar refractivity (Wildman–Crippen MR) is 123 cm³/mol. The van der Waals surface area contributed by atoms with Gasteiger partial charge in [0.1, 0.15) is 0 Å². The van der Waals surface area contributed by atoms with Crippen molar-refractivity contribution in [2.24, 2.45) is 0 Å². The summed E-state index contributed by atoms with van der Waals surface area (Å²) in [5.41, 5.74) is 3.65. The number of carbonyl (C=O) groups excluding carboxylic acids is 1. The predicted octanol–water partition coefficient (Wildman–Crippen LogP) is 4.42. The highest BCUT2D eigenvalue weighted by Crippen LogP contribution is 2.28. The van der Waals surface area contributed by atoms with Crippen LogP contribution in [-0.4, -0.2) is 27.7 Å². The van der Waals surface area contributed by atoms with Gasteiger partial charge in [-0.25, -0.2) is 0 Å². The monoisotopic (exact) mass is 485 g/mol. The molecule has 30 heavy (non-hydrogen) atoms. The Labute approximate surface area is 188 Å². The van der Waals surface area contributed by atoms with Gasteiger partial charge < -0.3 is 20.1 Å². The zero-order chi connectivity index (χ0) is 21.1. The summed E-state index contributed by atoms with van der Waals surface area (Å²) in [6.07, 6.45) is 1.49. The second-order valence-corrected chi connectivity index (χ2v) is 8.30. The maximum Gasteiger partial charge on any atom is 0.246 e. The van der Waals surface area contributed by atoms with Crippen LogP contribution in [0.3, 0.4) is 0 Å². The van der Waals surface area contributed by atoms with Gasteiger partial charge in [0.2, 0.25) is 17.6 Å². The molecule has 7 nitrogen and oxygen atoms in total. The Bertz CT molecular complexity index is 1100. The Balaban J connectivity index is 1.37. The van der Waals surface area contributed by atoms with Crippen molar-refractivity contribution in [1.29, 1.82) is 0 Å². The number of nitrogens with zero attached hydrogens (tertiary/aromatic N) is 3. The van der Waals surface area contributed by atoms with E-state index in [9.17, 15) is 4.79 Å². The van der Waals surface area contributed by atoms with Gasteiger partial charge in [-0.15, -0.1) is 0 Å². The van der Waals surface area contributed by atoms with Gasteiger partial charge in [0.15, 0.2) is 5.11 Å². The summed E-state index contributed by atoms with van der Waals surface area (Å²) in [4.78, 5) is 18.3. The maximum absolute atomic E-state index is 12.1. The number of aryl methyl sites for hydroxylation is 1. The van der Waals surface area contributed by atoms with Crippen molar-refractivity contribution < 1.29 is 9.32 Å². The minimum absolute atomic E-state index is 0.161. The molecule has 0 aliphatic carbocycles. The molecule has 1 aliphatic rings. The fourth-order valence-corrected chi connectivity index (χ4v) is 3.87. The lowest BCUT2D eigenvalue weighted by Crippen LogP contribution is -2.28. The first-order valence-electron chi connectivity index (χ1n) is 9.54. The summed E-state index contributed by atoms with van der Waals surface area (Å²) in [6.45, 7) is 3.05. The number of halogens is 1. The van der Waals surface area contributed by atoms with Gasteiger partial charge in [-0.1, -0.05) is 39.3 Å². The van der Waals surface area contributed by atoms with E-state index in [-0.39, 0.29) is 5.91 Å². The molecule has 1 fully saturated rings. The molecule has 0 unspecified atom stereocenters. The zero-order valence-electron chi connectivity index (χ0n) is 16.3. The van der Waals surface area contributed by atoms with Crippen molar-refractivity contribution in [2.75, 3.05) is 16.8 Å². The van der Waals surface area contributed by atoms with Crippen molar-refractivity contribution in [3.05, 3.63) is 58.4 Å². The average Bonchev–Trinajstić information content (AvgIpc) is 3.37. The van der Waals surface area contributed by atoms with Gasteiger partial charge in [0.25, 0.3) is 0 Å². The van der Waals surface area contributed by atoms with Gasteiger partial charge in [-0.05, 0) is 55.4 Å². The number of aromatic nitrogens is 2. The molecular formula is C21H20BrN5O2S. The minimum Gasteiger partial charge on any atom is -0.353 e. The first-order chi connectivity index (χ1) is 14.5. The molecule has 3 aromatic rings. The molecule has 1 amide bonds. The van der Waals surface area contributed by atoms with E-state index >= 15 is 0 Å². The van der Waals surface area contributed by atoms with Crippen molar-refractivity contribution in [2.45, 2.75) is 26.3 Å². The number of hydrogen-bond donors (Lipinski definition) is 2. The minimum atomic E-state index is 0.161. The molecule has 4 rings (SSSR count). The van der Waals surface area contributed by atoms with Crippen LogP contribution in [0.25, 0.3) is 11.4 Å². The van der Waals surface area contributed by atoms with Crippen LogP contribution in [0.5, 0.6) is 0 Å². The molecule has 1 saturated heterocycles. The number of anilines is 2. The van der Waals surface area contributed by atoms with Gasteiger partial charge in [0, 0.05) is 34.4 Å². The second-order valence-electron chi connectivity index (χ2n) is 6.98. The fraction of sp³-hybridized carbons (Fsp3) is 0.238. The average molecular weight is 486 g/mol. The van der Waals surface area contributed by atoms with E-state index < -0.39 is 0 Å². The first kappa shape index (κ1) is 20.5. The molecule has 0 atom stereocenters. The molecule has 2 N–H and O–H groups in total. The first-order valence-corrected chi connectivity index (χ1v) is 10.7. The number of nitrogens with one attached hydrogen (secondary N) is 2. The number of benzene rings is 2. The van der Waals surface area contributed by atoms with Crippen LogP contribution in [0.2, 0.25) is 0 Å². The third-order valence-electron chi connectivity index (χ3n) is 4.78. The Morgan fingerprint density at radius 3 is 2.93 bits per heavy atom. The quantitative estimate of drug-likeness (QED) is 0.517. The smallest absolute Gasteiger partial charge is 0.246 e. The fourth-order valence-electron chi connectivity index (χ4n) is 3.28. The third-order valence-corrected chi connectivity index (χ3v) is 5.52. The number of carbonyl (C=O) groups is 1. The molecular weight excluding hydrogens is 466 g/mol. The molecule has 1 aromatic heterocycles. The van der Waals surface area contributed by atoms with Crippen LogP contribution in [0.1, 0.15) is 24.3 Å². The Morgan fingerprint density at radius 2 is 2.17 bits per heavy atom. The van der Waals surface area contributed by atoms with Gasteiger partial charge in [0.05, 0.1) is 6.54 Å². The second kappa shape index (κ2) is 8.93. The molecule has 1 aliphatic heterocycles. The van der Waals surface area contributed by atoms with Crippen molar-refractivity contribution >= 4 is 50.5 Å². The Kier molecular flexibility index (Phi) is 6.10. The number of hydrogen-bond acceptors (Lipinski definition) is 5. The number of thiocarbonyl (C=S) groups is 1. The van der Waals surface area contributed by atoms with E-state index in [2.05, 4.69) is 36.7 Å². The third kappa shape index (κ3) is 4.68. The summed E-state index contributed by atoms with van der Waals surface area (Å²) in [5, 5.41) is 10.7. The van der Waals surface area contributed by atoms with Crippen LogP contribution >= 0.6 is 28.1 Å². The molecule has 154 valence electrons. The van der Waals surface area contributed by atoms with Crippen LogP contribution in [0.15, 0.2) is 51.5 Å². The van der Waals surface area contributed by atoms with Gasteiger partial charge in [-0.2, -0.15) is 4.98 Å². The standard InChI is InChI=1S/C21H20BrN5O2S/c1-13-7-8-16(11-17(13)27-9-3-6-19(27)28)24-21(30)23-12-18-25-20(26-29-18)14-4-2-5-15(22)10-14/h2,4-5,7-8,10-11H,3,6,9,12H2,1H3,(H2,23,24,30). The molecule has 0 spiro atoms. The van der Waals surface area contributed by atoms with Crippen molar-refractivity contribution in [3.8, 4) is 11.4 Å². The topological polar surface area (TPSA) is 83.3 Å². The molecule has 0 radical (unpaired) electrons. The highest BCUT2D eigenvalue weighted by Gasteiger charge is 2.23. The lowest BCUT2D eigenvalue weighted by molar-refractivity contribution is -0.117. The maximum atomic E-state index is 12.1. The van der Waals surface area contributed by atoms with Crippen molar-refractivity contribution in [3.63, 3.8) is 0 Å². The largest absolute Gasteiger partial charge is 0.353 e. The number of rotatable bonds is 5. The highest BCUT2D eigenvalue weighted by atomic mass is 79.9. The zero-order valence-corrected chi connectivity index (χ0v) is 18.7. The van der Waals surface area contributed by atoms with E-state index in [1.807, 2.05) is 54.3 Å². The lowest BCUT2D eigenvalue weighted by atomic mass is 10.1. The summed E-state index contributed by atoms with van der Waals surface area (Å²) in [7, 11) is 0. The molecule has 2 aromatic carbocycles. The van der Waals surface area contributed by atoms with Gasteiger partial charge in [-0.3, -0.25) is 4.79 Å². The highest BCUT2D eigenvalue weighted by molar-refractivity contribution is 9.10. The Hall–Kier alpha value is -2.78. The molecule has 2 heterocycles. The molecule has 0 bridgehead atoms. The SMILES string of the molecule is Cc1ccc(NC(=S)NCc2nc(-c3cccc(Br)c3)no2)cc1N1CCCC1=O.